The number of nitrogens with one attached hydrogen (secondary N) is 1. The predicted molar refractivity (Wildman–Crippen MR) is 56.9 cm³/mol. The van der Waals surface area contributed by atoms with Crippen LogP contribution in [0.1, 0.15) is 23.3 Å². The molecular weight excluding hydrogens is 194 g/mol. The fraction of sp³-hybridized carbons (Fsp3) is 0.300. The topological polar surface area (TPSA) is 75.1 Å². The summed E-state index contributed by atoms with van der Waals surface area (Å²) in [6.07, 6.45) is 6.40. The van der Waals surface area contributed by atoms with Crippen LogP contribution in [0.4, 0.5) is 5.82 Å². The second-order valence-corrected chi connectivity index (χ2v) is 2.95. The van der Waals surface area contributed by atoms with Crippen molar-refractivity contribution in [3.8, 4) is 0 Å². The van der Waals surface area contributed by atoms with Gasteiger partial charge in [0, 0.05) is 6.54 Å². The third-order valence-corrected chi connectivity index (χ3v) is 1.76. The standard InChI is InChI=1S/C10H13N3O2/c1-2-3-4-5-11-9-7-12-8(6-13-9)10(14)15/h2,6-7H,1,3-5H2,(H,11,13)(H,14,15). The number of allylic oxidation sites excluding steroid dienone is 1. The van der Waals surface area contributed by atoms with Gasteiger partial charge in [-0.15, -0.1) is 6.58 Å². The monoisotopic (exact) mass is 207 g/mol. The van der Waals surface area contributed by atoms with Gasteiger partial charge in [-0.3, -0.25) is 0 Å². The van der Waals surface area contributed by atoms with Gasteiger partial charge >= 0.3 is 5.97 Å². The second kappa shape index (κ2) is 5.74. The van der Waals surface area contributed by atoms with E-state index in [1.165, 1.54) is 12.4 Å². The maximum absolute atomic E-state index is 10.5. The van der Waals surface area contributed by atoms with Crippen molar-refractivity contribution < 1.29 is 9.90 Å². The summed E-state index contributed by atoms with van der Waals surface area (Å²) in [5.74, 6) is -0.482. The highest BCUT2D eigenvalue weighted by Gasteiger charge is 2.03. The van der Waals surface area contributed by atoms with Crippen LogP contribution in [0.3, 0.4) is 0 Å². The first-order chi connectivity index (χ1) is 7.24. The summed E-state index contributed by atoms with van der Waals surface area (Å²) >= 11 is 0. The molecule has 5 heteroatoms. The van der Waals surface area contributed by atoms with Crippen molar-refractivity contribution >= 4 is 11.8 Å². The lowest BCUT2D eigenvalue weighted by atomic mass is 10.3. The Bertz CT molecular complexity index is 335. The maximum Gasteiger partial charge on any atom is 0.356 e. The fourth-order valence-electron chi connectivity index (χ4n) is 0.993. The van der Waals surface area contributed by atoms with Crippen LogP contribution in [-0.2, 0) is 0 Å². The summed E-state index contributed by atoms with van der Waals surface area (Å²) in [7, 11) is 0. The Morgan fingerprint density at radius 2 is 2.33 bits per heavy atom. The third-order valence-electron chi connectivity index (χ3n) is 1.76. The van der Waals surface area contributed by atoms with Crippen LogP contribution in [0.25, 0.3) is 0 Å². The van der Waals surface area contributed by atoms with Crippen LogP contribution >= 0.6 is 0 Å². The summed E-state index contributed by atoms with van der Waals surface area (Å²) < 4.78 is 0. The number of hydrogen-bond donors (Lipinski definition) is 2. The molecule has 15 heavy (non-hydrogen) atoms. The molecule has 0 saturated carbocycles. The van der Waals surface area contributed by atoms with Crippen LogP contribution < -0.4 is 5.32 Å². The Kier molecular flexibility index (Phi) is 4.28. The average Bonchev–Trinajstić information content (AvgIpc) is 2.25. The SMILES string of the molecule is C=CCCCNc1cnc(C(=O)O)cn1. The first-order valence-corrected chi connectivity index (χ1v) is 4.64. The Labute approximate surface area is 87.9 Å². The zero-order chi connectivity index (χ0) is 11.1. The molecule has 80 valence electrons. The molecule has 1 heterocycles. The minimum Gasteiger partial charge on any atom is -0.476 e. The van der Waals surface area contributed by atoms with Gasteiger partial charge in [0.2, 0.25) is 0 Å². The highest BCUT2D eigenvalue weighted by molar-refractivity contribution is 5.84. The molecule has 0 aromatic carbocycles. The first kappa shape index (κ1) is 11.2. The van der Waals surface area contributed by atoms with Crippen LogP contribution in [-0.4, -0.2) is 27.6 Å². The summed E-state index contributed by atoms with van der Waals surface area (Å²) in [6, 6.07) is 0. The van der Waals surface area contributed by atoms with E-state index in [0.717, 1.165) is 19.4 Å². The molecule has 0 aliphatic heterocycles. The Hall–Kier alpha value is -1.91. The third kappa shape index (κ3) is 3.76. The number of anilines is 1. The molecule has 0 radical (unpaired) electrons. The molecule has 0 amide bonds. The van der Waals surface area contributed by atoms with Gasteiger partial charge in [0.25, 0.3) is 0 Å². The van der Waals surface area contributed by atoms with E-state index in [4.69, 9.17) is 5.11 Å². The molecule has 0 fully saturated rings. The molecule has 5 nitrogen and oxygen atoms in total. The van der Waals surface area contributed by atoms with Crippen molar-refractivity contribution in [1.82, 2.24) is 9.97 Å². The van der Waals surface area contributed by atoms with Crippen LogP contribution in [0, 0.1) is 0 Å². The minimum absolute atomic E-state index is 0.0494. The van der Waals surface area contributed by atoms with Crippen molar-refractivity contribution in [2.75, 3.05) is 11.9 Å². The van der Waals surface area contributed by atoms with Gasteiger partial charge in [-0.25, -0.2) is 14.8 Å². The highest BCUT2D eigenvalue weighted by Crippen LogP contribution is 2.01. The summed E-state index contributed by atoms with van der Waals surface area (Å²) in [4.78, 5) is 18.1. The molecule has 0 bridgehead atoms. The number of rotatable bonds is 6. The zero-order valence-corrected chi connectivity index (χ0v) is 8.31. The molecule has 1 rings (SSSR count). The Balaban J connectivity index is 2.42. The largest absolute Gasteiger partial charge is 0.476 e. The smallest absolute Gasteiger partial charge is 0.356 e. The number of hydrogen-bond acceptors (Lipinski definition) is 4. The molecule has 0 saturated heterocycles. The Morgan fingerprint density at radius 1 is 1.53 bits per heavy atom. The highest BCUT2D eigenvalue weighted by atomic mass is 16.4. The van der Waals surface area contributed by atoms with Crippen molar-refractivity contribution in [3.63, 3.8) is 0 Å². The molecule has 2 N–H and O–H groups in total. The fourth-order valence-corrected chi connectivity index (χ4v) is 0.993. The summed E-state index contributed by atoms with van der Waals surface area (Å²) in [6.45, 7) is 4.39. The normalized spacial score (nSPS) is 9.60. The van der Waals surface area contributed by atoms with Crippen LogP contribution in [0.5, 0.6) is 0 Å². The van der Waals surface area contributed by atoms with E-state index in [1.807, 2.05) is 6.08 Å². The van der Waals surface area contributed by atoms with E-state index in [0.29, 0.717) is 5.82 Å². The predicted octanol–water partition coefficient (Wildman–Crippen LogP) is 1.55. The van der Waals surface area contributed by atoms with E-state index >= 15 is 0 Å². The van der Waals surface area contributed by atoms with Gasteiger partial charge in [0.1, 0.15) is 5.82 Å². The van der Waals surface area contributed by atoms with E-state index in [9.17, 15) is 4.79 Å². The van der Waals surface area contributed by atoms with E-state index < -0.39 is 5.97 Å². The van der Waals surface area contributed by atoms with Crippen molar-refractivity contribution in [2.24, 2.45) is 0 Å². The maximum atomic E-state index is 10.5. The number of carbonyl (C=O) groups is 1. The number of carboxylic acids is 1. The van der Waals surface area contributed by atoms with Gasteiger partial charge in [-0.2, -0.15) is 0 Å². The van der Waals surface area contributed by atoms with Crippen molar-refractivity contribution in [3.05, 3.63) is 30.7 Å². The molecule has 0 aliphatic carbocycles. The lowest BCUT2D eigenvalue weighted by Gasteiger charge is -2.03. The number of carboxylic acid groups (broad SMARTS) is 1. The summed E-state index contributed by atoms with van der Waals surface area (Å²) in [5.41, 5.74) is -0.0494. The van der Waals surface area contributed by atoms with E-state index in [1.54, 1.807) is 0 Å². The molecule has 0 spiro atoms. The average molecular weight is 207 g/mol. The molecule has 1 aromatic heterocycles. The Morgan fingerprint density at radius 3 is 2.87 bits per heavy atom. The molecule has 0 unspecified atom stereocenters. The van der Waals surface area contributed by atoms with E-state index in [2.05, 4.69) is 21.9 Å². The zero-order valence-electron chi connectivity index (χ0n) is 8.31. The van der Waals surface area contributed by atoms with Gasteiger partial charge in [-0.1, -0.05) is 6.08 Å². The quantitative estimate of drug-likeness (QED) is 0.546. The number of aromatic carboxylic acids is 1. The van der Waals surface area contributed by atoms with Gasteiger partial charge in [0.05, 0.1) is 12.4 Å². The minimum atomic E-state index is -1.07. The van der Waals surface area contributed by atoms with Crippen molar-refractivity contribution in [2.45, 2.75) is 12.8 Å². The number of nitrogens with zero attached hydrogens (tertiary/aromatic N) is 2. The van der Waals surface area contributed by atoms with Crippen molar-refractivity contribution in [1.29, 1.82) is 0 Å². The lowest BCUT2D eigenvalue weighted by Crippen LogP contribution is -2.06. The number of aromatic nitrogens is 2. The van der Waals surface area contributed by atoms with Gasteiger partial charge in [-0.05, 0) is 12.8 Å². The van der Waals surface area contributed by atoms with E-state index in [-0.39, 0.29) is 5.69 Å². The first-order valence-electron chi connectivity index (χ1n) is 4.64. The number of unbranched alkanes of at least 4 members (excludes halogenated alkanes) is 1. The summed E-state index contributed by atoms with van der Waals surface area (Å²) in [5, 5.41) is 11.6. The molecular formula is C10H13N3O2. The second-order valence-electron chi connectivity index (χ2n) is 2.95. The van der Waals surface area contributed by atoms with Gasteiger partial charge in [0.15, 0.2) is 5.69 Å². The van der Waals surface area contributed by atoms with Crippen LogP contribution in [0.2, 0.25) is 0 Å². The lowest BCUT2D eigenvalue weighted by molar-refractivity contribution is 0.0690. The van der Waals surface area contributed by atoms with Gasteiger partial charge < -0.3 is 10.4 Å². The molecule has 0 atom stereocenters. The van der Waals surface area contributed by atoms with Crippen LogP contribution in [0.15, 0.2) is 25.0 Å². The molecule has 1 aromatic rings. The molecule has 0 aliphatic rings.